The summed E-state index contributed by atoms with van der Waals surface area (Å²) in [5.41, 5.74) is 2.11. The zero-order valence-corrected chi connectivity index (χ0v) is 31.0. The maximum absolute atomic E-state index is 13.5. The molecular weight excluding hydrogens is 630 g/mol. The van der Waals surface area contributed by atoms with Gasteiger partial charge in [0.25, 0.3) is 0 Å². The van der Waals surface area contributed by atoms with Crippen molar-refractivity contribution in [3.05, 3.63) is 59.9 Å². The van der Waals surface area contributed by atoms with E-state index in [9.17, 15) is 14.4 Å². The van der Waals surface area contributed by atoms with Gasteiger partial charge in [0.05, 0.1) is 14.2 Å². The molecule has 50 heavy (non-hydrogen) atoms. The number of hydrogen-bond donors (Lipinski definition) is 0. The molecule has 0 spiro atoms. The van der Waals surface area contributed by atoms with Gasteiger partial charge in [-0.3, -0.25) is 14.4 Å². The number of carbonyl (C=O) groups excluding carboxylic acids is 3. The fourth-order valence-corrected chi connectivity index (χ4v) is 8.31. The van der Waals surface area contributed by atoms with Crippen molar-refractivity contribution in [3.8, 4) is 11.5 Å². The third-order valence-electron chi connectivity index (χ3n) is 11.1. The van der Waals surface area contributed by atoms with Crippen molar-refractivity contribution in [3.63, 3.8) is 0 Å². The van der Waals surface area contributed by atoms with Crippen LogP contribution in [0.25, 0.3) is 0 Å². The number of carbonyl (C=O) groups is 3. The Morgan fingerprint density at radius 1 is 0.880 bits per heavy atom. The Morgan fingerprint density at radius 2 is 1.48 bits per heavy atom. The second kappa shape index (κ2) is 19.9. The molecule has 8 heteroatoms. The summed E-state index contributed by atoms with van der Waals surface area (Å²) in [5.74, 6) is 0.657. The van der Waals surface area contributed by atoms with Crippen LogP contribution in [-0.4, -0.2) is 56.5 Å². The third kappa shape index (κ3) is 9.89. The van der Waals surface area contributed by atoms with Crippen molar-refractivity contribution in [2.75, 3.05) is 27.8 Å². The molecule has 1 fully saturated rings. The standard InChI is InChI=1S/C42H61NO7/c1-6-8-10-12-14-16-18-20-22-38(45)49-30-31-26-37(48-5)41(50-39(46)23-21-19-17-15-13-11-9-7-2)40-32(31)27-34-33-28-36(47-4)35(44)29-42(33,40)24-25-43(34)3/h6-7,26,28,33-34H,1-2,8-25,27,29-30H2,3-5H3/t33-,34+,42-/m1/s1. The normalized spacial score (nSPS) is 21.0. The van der Waals surface area contributed by atoms with E-state index in [0.717, 1.165) is 87.4 Å². The first-order valence-corrected chi connectivity index (χ1v) is 19.1. The highest BCUT2D eigenvalue weighted by atomic mass is 16.6. The summed E-state index contributed by atoms with van der Waals surface area (Å²) >= 11 is 0. The van der Waals surface area contributed by atoms with Gasteiger partial charge in [0.2, 0.25) is 0 Å². The van der Waals surface area contributed by atoms with E-state index in [-0.39, 0.29) is 42.7 Å². The molecule has 0 radical (unpaired) electrons. The van der Waals surface area contributed by atoms with Crippen LogP contribution in [0.3, 0.4) is 0 Å². The molecule has 276 valence electrons. The average molecular weight is 692 g/mol. The molecule has 2 bridgehead atoms. The van der Waals surface area contributed by atoms with Crippen molar-refractivity contribution >= 4 is 17.7 Å². The Hall–Kier alpha value is -3.39. The smallest absolute Gasteiger partial charge is 0.311 e. The van der Waals surface area contributed by atoms with Gasteiger partial charge in [0, 0.05) is 42.2 Å². The molecule has 0 N–H and O–H groups in total. The molecule has 0 aromatic heterocycles. The van der Waals surface area contributed by atoms with E-state index in [4.69, 9.17) is 18.9 Å². The van der Waals surface area contributed by atoms with Gasteiger partial charge in [0.1, 0.15) is 6.61 Å². The zero-order chi connectivity index (χ0) is 35.9. The van der Waals surface area contributed by atoms with Crippen molar-refractivity contribution in [2.45, 2.75) is 140 Å². The molecule has 3 aliphatic rings. The molecular formula is C42H61NO7. The number of likely N-dealkylation sites (tertiary alicyclic amines) is 1. The van der Waals surface area contributed by atoms with Crippen LogP contribution in [0, 0.1) is 5.92 Å². The minimum absolute atomic E-state index is 0.0146. The lowest BCUT2D eigenvalue weighted by Crippen LogP contribution is -2.60. The van der Waals surface area contributed by atoms with Gasteiger partial charge in [-0.1, -0.05) is 63.5 Å². The van der Waals surface area contributed by atoms with E-state index in [1.807, 2.05) is 24.3 Å². The minimum atomic E-state index is -0.593. The van der Waals surface area contributed by atoms with Crippen LogP contribution in [0.5, 0.6) is 11.5 Å². The molecule has 4 rings (SSSR count). The molecule has 1 heterocycles. The Labute approximate surface area is 300 Å². The van der Waals surface area contributed by atoms with Crippen molar-refractivity contribution in [1.82, 2.24) is 4.90 Å². The number of rotatable bonds is 23. The SMILES string of the molecule is C=CCCCCCCCCC(=O)OCc1cc(OC)c(OC(=O)CCCCCCCCC=C)c2c1C[C@H]1[C@H]3C=C(OC)C(=O)C[C@@]23CCN1C. The molecule has 8 nitrogen and oxygen atoms in total. The Morgan fingerprint density at radius 3 is 2.08 bits per heavy atom. The molecule has 0 unspecified atom stereocenters. The molecule has 2 aliphatic carbocycles. The maximum Gasteiger partial charge on any atom is 0.311 e. The van der Waals surface area contributed by atoms with Crippen LogP contribution in [-0.2, 0) is 42.3 Å². The van der Waals surface area contributed by atoms with Crippen molar-refractivity contribution in [1.29, 1.82) is 0 Å². The summed E-state index contributed by atoms with van der Waals surface area (Å²) in [6.45, 7) is 8.48. The first-order valence-electron chi connectivity index (χ1n) is 19.1. The number of Topliss-reactive ketones (excluding diaryl/α,β-unsaturated/α-hetero) is 1. The number of ether oxygens (including phenoxy) is 4. The summed E-state index contributed by atoms with van der Waals surface area (Å²) in [7, 11) is 5.24. The fraction of sp³-hybridized carbons (Fsp3) is 0.643. The zero-order valence-electron chi connectivity index (χ0n) is 31.0. The highest BCUT2D eigenvalue weighted by molar-refractivity contribution is 5.96. The minimum Gasteiger partial charge on any atom is -0.493 e. The third-order valence-corrected chi connectivity index (χ3v) is 11.1. The van der Waals surface area contributed by atoms with Crippen molar-refractivity contribution < 1.29 is 33.3 Å². The van der Waals surface area contributed by atoms with Crippen LogP contribution < -0.4 is 9.47 Å². The summed E-state index contributed by atoms with van der Waals surface area (Å²) in [6.07, 6.45) is 23.1. The number of piperidine rings is 1. The molecule has 0 amide bonds. The first-order chi connectivity index (χ1) is 24.3. The van der Waals surface area contributed by atoms with Crippen LogP contribution in [0.2, 0.25) is 0 Å². The van der Waals surface area contributed by atoms with Gasteiger partial charge < -0.3 is 23.8 Å². The van der Waals surface area contributed by atoms with E-state index in [1.165, 1.54) is 25.7 Å². The topological polar surface area (TPSA) is 91.4 Å². The molecule has 1 aliphatic heterocycles. The van der Waals surface area contributed by atoms with Gasteiger partial charge in [-0.25, -0.2) is 0 Å². The first kappa shape index (κ1) is 39.4. The van der Waals surface area contributed by atoms with E-state index >= 15 is 0 Å². The maximum atomic E-state index is 13.5. The van der Waals surface area contributed by atoms with E-state index in [2.05, 4.69) is 25.1 Å². The highest BCUT2D eigenvalue weighted by Crippen LogP contribution is 2.59. The second-order valence-corrected chi connectivity index (χ2v) is 14.5. The van der Waals surface area contributed by atoms with Crippen LogP contribution in [0.15, 0.2) is 43.2 Å². The number of ketones is 1. The van der Waals surface area contributed by atoms with E-state index in [0.29, 0.717) is 42.9 Å². The second-order valence-electron chi connectivity index (χ2n) is 14.5. The Balaban J connectivity index is 1.55. The number of benzene rings is 1. The lowest BCUT2D eigenvalue weighted by atomic mass is 9.53. The Bertz CT molecular complexity index is 1370. The number of methoxy groups -OCH3 is 2. The number of hydrogen-bond acceptors (Lipinski definition) is 8. The number of esters is 2. The molecule has 0 saturated carbocycles. The fourth-order valence-electron chi connectivity index (χ4n) is 8.31. The molecule has 1 saturated heterocycles. The quantitative estimate of drug-likeness (QED) is 0.0487. The van der Waals surface area contributed by atoms with Crippen LogP contribution >= 0.6 is 0 Å². The number of allylic oxidation sites excluding steroid dienone is 3. The van der Waals surface area contributed by atoms with E-state index < -0.39 is 5.41 Å². The van der Waals surface area contributed by atoms with Crippen LogP contribution in [0.1, 0.15) is 132 Å². The lowest BCUT2D eigenvalue weighted by Gasteiger charge is -2.57. The van der Waals surface area contributed by atoms with Gasteiger partial charge in [-0.05, 0) is 88.2 Å². The molecule has 1 aromatic carbocycles. The predicted molar refractivity (Wildman–Crippen MR) is 197 cm³/mol. The number of unbranched alkanes of at least 4 members (excludes halogenated alkanes) is 12. The lowest BCUT2D eigenvalue weighted by molar-refractivity contribution is -0.145. The monoisotopic (exact) mass is 691 g/mol. The van der Waals surface area contributed by atoms with Gasteiger partial charge in [-0.2, -0.15) is 0 Å². The summed E-state index contributed by atoms with van der Waals surface area (Å²) in [6, 6.07) is 1.98. The average Bonchev–Trinajstić information content (AvgIpc) is 3.11. The van der Waals surface area contributed by atoms with E-state index in [1.54, 1.807) is 14.2 Å². The molecule has 3 atom stereocenters. The Kier molecular flexibility index (Phi) is 15.6. The number of likely N-dealkylation sites (N-methyl/N-ethyl adjacent to an activating group) is 1. The number of nitrogens with zero attached hydrogens (tertiary/aromatic N) is 1. The summed E-state index contributed by atoms with van der Waals surface area (Å²) < 4.78 is 23.6. The summed E-state index contributed by atoms with van der Waals surface area (Å²) in [5, 5.41) is 0. The van der Waals surface area contributed by atoms with Gasteiger partial charge in [0.15, 0.2) is 23.0 Å². The summed E-state index contributed by atoms with van der Waals surface area (Å²) in [4.78, 5) is 42.2. The van der Waals surface area contributed by atoms with Gasteiger partial charge in [-0.15, -0.1) is 13.2 Å². The van der Waals surface area contributed by atoms with Gasteiger partial charge >= 0.3 is 11.9 Å². The predicted octanol–water partition coefficient (Wildman–Crippen LogP) is 8.87. The molecule has 1 aromatic rings. The van der Waals surface area contributed by atoms with Crippen molar-refractivity contribution in [2.24, 2.45) is 5.92 Å². The number of fused-ring (bicyclic) bond motifs is 1. The van der Waals surface area contributed by atoms with Crippen LogP contribution in [0.4, 0.5) is 0 Å². The largest absolute Gasteiger partial charge is 0.493 e. The highest BCUT2D eigenvalue weighted by Gasteiger charge is 2.57.